The van der Waals surface area contributed by atoms with E-state index in [9.17, 15) is 19.8 Å². The minimum absolute atomic E-state index is 0.0750. The van der Waals surface area contributed by atoms with Gasteiger partial charge in [0.05, 0.1) is 25.2 Å². The molecule has 0 saturated carbocycles. The van der Waals surface area contributed by atoms with E-state index in [-0.39, 0.29) is 24.9 Å². The molecule has 396 valence electrons. The zero-order valence-electron chi connectivity index (χ0n) is 45.3. The number of aliphatic hydroxyl groups is 2. The van der Waals surface area contributed by atoms with Crippen LogP contribution in [0.15, 0.2) is 24.3 Å². The molecule has 3 atom stereocenters. The molecule has 0 heterocycles. The first-order chi connectivity index (χ1) is 33.0. The third kappa shape index (κ3) is 50.5. The Hall–Kier alpha value is -1.66. The van der Waals surface area contributed by atoms with Crippen LogP contribution in [0.25, 0.3) is 0 Å². The average Bonchev–Trinajstić information content (AvgIpc) is 3.32. The molecule has 0 radical (unpaired) electrons. The summed E-state index contributed by atoms with van der Waals surface area (Å²) in [5, 5.41) is 23.9. The number of esters is 1. The minimum Gasteiger partial charge on any atom is -0.462 e. The van der Waals surface area contributed by atoms with Gasteiger partial charge in [-0.1, -0.05) is 263 Å². The Kier molecular flexibility index (Phi) is 53.9. The van der Waals surface area contributed by atoms with E-state index < -0.39 is 18.2 Å². The summed E-state index contributed by atoms with van der Waals surface area (Å²) in [5.41, 5.74) is 0. The number of aliphatic hydroxyl groups excluding tert-OH is 2. The topological polar surface area (TPSA) is 95.9 Å². The van der Waals surface area contributed by atoms with Crippen molar-refractivity contribution in [2.75, 3.05) is 6.61 Å². The summed E-state index contributed by atoms with van der Waals surface area (Å²) < 4.78 is 5.97. The monoisotopic (exact) mass is 944 g/mol. The minimum atomic E-state index is -0.788. The summed E-state index contributed by atoms with van der Waals surface area (Å²) in [4.78, 5) is 26.3. The Balaban J connectivity index is 4.52. The molecule has 0 aromatic rings. The molecule has 67 heavy (non-hydrogen) atoms. The maximum atomic E-state index is 13.3. The molecule has 0 fully saturated rings. The van der Waals surface area contributed by atoms with Crippen LogP contribution in [-0.4, -0.2) is 46.9 Å². The molecular weight excluding hydrogens is 827 g/mol. The molecule has 6 heteroatoms. The highest BCUT2D eigenvalue weighted by Gasteiger charge is 2.24. The van der Waals surface area contributed by atoms with Crippen LogP contribution in [0.5, 0.6) is 0 Å². The number of ether oxygens (including phenoxy) is 1. The van der Waals surface area contributed by atoms with Gasteiger partial charge in [0.25, 0.3) is 0 Å². The van der Waals surface area contributed by atoms with Gasteiger partial charge in [0.1, 0.15) is 6.10 Å². The molecule has 0 aliphatic carbocycles. The van der Waals surface area contributed by atoms with Crippen molar-refractivity contribution in [3.8, 4) is 0 Å². The second-order valence-electron chi connectivity index (χ2n) is 20.7. The summed E-state index contributed by atoms with van der Waals surface area (Å²) in [6.45, 7) is 6.52. The van der Waals surface area contributed by atoms with Gasteiger partial charge in [0.15, 0.2) is 0 Å². The number of amides is 1. The van der Waals surface area contributed by atoms with Crippen LogP contribution in [0.2, 0.25) is 0 Å². The smallest absolute Gasteiger partial charge is 0.306 e. The molecule has 0 aromatic heterocycles. The number of hydrogen-bond donors (Lipinski definition) is 3. The third-order valence-corrected chi connectivity index (χ3v) is 14.0. The van der Waals surface area contributed by atoms with Gasteiger partial charge in [-0.25, -0.2) is 0 Å². The van der Waals surface area contributed by atoms with Crippen LogP contribution in [0.3, 0.4) is 0 Å². The fourth-order valence-electron chi connectivity index (χ4n) is 9.42. The van der Waals surface area contributed by atoms with Crippen molar-refractivity contribution in [1.82, 2.24) is 5.32 Å². The molecule has 6 nitrogen and oxygen atoms in total. The van der Waals surface area contributed by atoms with Crippen LogP contribution in [0.4, 0.5) is 0 Å². The second kappa shape index (κ2) is 55.3. The van der Waals surface area contributed by atoms with E-state index in [0.717, 1.165) is 57.8 Å². The fraction of sp³-hybridized carbons (Fsp3) is 0.902. The first kappa shape index (κ1) is 65.3. The van der Waals surface area contributed by atoms with Crippen molar-refractivity contribution < 1.29 is 24.5 Å². The van der Waals surface area contributed by atoms with E-state index >= 15 is 0 Å². The number of unbranched alkanes of at least 4 members (excludes halogenated alkanes) is 39. The standard InChI is InChI=1S/C61H117NO5/c1-4-7-10-13-16-19-22-25-28-30-33-36-39-42-45-48-51-54-61(66)67-57(52-49-46-43-40-37-34-31-27-24-21-18-15-12-9-6-3)55-60(65)62-58(56-63)59(64)53-50-47-44-41-38-35-32-29-26-23-20-17-14-11-8-5-2/h25,27-28,31,57-59,63-64H,4-24,26,29-30,32-56H2,1-3H3,(H,62,65)/b28-25+,31-27+. The average molecular weight is 945 g/mol. The predicted molar refractivity (Wildman–Crippen MR) is 292 cm³/mol. The molecule has 0 aliphatic rings. The van der Waals surface area contributed by atoms with Crippen LogP contribution in [0, 0.1) is 0 Å². The SMILES string of the molecule is CCCCCCCC/C=C/CCCCCCCCCC(=O)OC(CCCCCCC/C=C/CCCCCCCC)CC(=O)NC(CO)C(O)CCCCCCCCCCCCCCCCCC. The number of nitrogens with one attached hydrogen (secondary N) is 1. The van der Waals surface area contributed by atoms with E-state index in [1.165, 1.54) is 225 Å². The van der Waals surface area contributed by atoms with E-state index in [1.807, 2.05) is 0 Å². The summed E-state index contributed by atoms with van der Waals surface area (Å²) in [7, 11) is 0. The molecular formula is C61H117NO5. The fourth-order valence-corrected chi connectivity index (χ4v) is 9.42. The van der Waals surface area contributed by atoms with Gasteiger partial charge in [0.2, 0.25) is 5.91 Å². The predicted octanol–water partition coefficient (Wildman–Crippen LogP) is 18.6. The lowest BCUT2D eigenvalue weighted by Crippen LogP contribution is -2.46. The van der Waals surface area contributed by atoms with Gasteiger partial charge in [-0.15, -0.1) is 0 Å². The summed E-state index contributed by atoms with van der Waals surface area (Å²) in [6, 6.07) is -0.702. The van der Waals surface area contributed by atoms with Gasteiger partial charge < -0.3 is 20.3 Å². The van der Waals surface area contributed by atoms with E-state index in [0.29, 0.717) is 19.3 Å². The normalized spacial score (nSPS) is 13.2. The largest absolute Gasteiger partial charge is 0.462 e. The molecule has 0 aliphatic heterocycles. The Morgan fingerprint density at radius 1 is 0.418 bits per heavy atom. The Morgan fingerprint density at radius 3 is 1.06 bits per heavy atom. The molecule has 3 N–H and O–H groups in total. The highest BCUT2D eigenvalue weighted by atomic mass is 16.5. The van der Waals surface area contributed by atoms with Gasteiger partial charge >= 0.3 is 5.97 Å². The summed E-state index contributed by atoms with van der Waals surface area (Å²) in [6.07, 6.45) is 65.3. The van der Waals surface area contributed by atoms with Crippen molar-refractivity contribution >= 4 is 11.9 Å². The van der Waals surface area contributed by atoms with Gasteiger partial charge in [0, 0.05) is 6.42 Å². The van der Waals surface area contributed by atoms with Crippen molar-refractivity contribution in [3.05, 3.63) is 24.3 Å². The first-order valence-corrected chi connectivity index (χ1v) is 30.1. The molecule has 1 amide bonds. The number of rotatable bonds is 55. The van der Waals surface area contributed by atoms with Gasteiger partial charge in [-0.2, -0.15) is 0 Å². The molecule has 0 bridgehead atoms. The van der Waals surface area contributed by atoms with E-state index in [4.69, 9.17) is 4.74 Å². The van der Waals surface area contributed by atoms with E-state index in [2.05, 4.69) is 50.4 Å². The number of hydrogen-bond acceptors (Lipinski definition) is 5. The zero-order valence-corrected chi connectivity index (χ0v) is 45.3. The lowest BCUT2D eigenvalue weighted by molar-refractivity contribution is -0.151. The lowest BCUT2D eigenvalue weighted by Gasteiger charge is -2.24. The second-order valence-corrected chi connectivity index (χ2v) is 20.7. The Bertz CT molecular complexity index is 1060. The van der Waals surface area contributed by atoms with Crippen LogP contribution in [0.1, 0.15) is 329 Å². The molecule has 0 rings (SSSR count). The van der Waals surface area contributed by atoms with Crippen molar-refractivity contribution in [3.63, 3.8) is 0 Å². The number of allylic oxidation sites excluding steroid dienone is 4. The molecule has 3 unspecified atom stereocenters. The molecule has 0 saturated heterocycles. The Labute approximate surface area is 418 Å². The zero-order chi connectivity index (χ0) is 48.8. The molecule has 0 spiro atoms. The van der Waals surface area contributed by atoms with Crippen LogP contribution in [-0.2, 0) is 14.3 Å². The quantitative estimate of drug-likeness (QED) is 0.0321. The van der Waals surface area contributed by atoms with Crippen molar-refractivity contribution in [1.29, 1.82) is 0 Å². The molecule has 0 aromatic carbocycles. The Morgan fingerprint density at radius 2 is 0.716 bits per heavy atom. The highest BCUT2D eigenvalue weighted by Crippen LogP contribution is 2.19. The van der Waals surface area contributed by atoms with Gasteiger partial charge in [-0.3, -0.25) is 9.59 Å². The van der Waals surface area contributed by atoms with Crippen LogP contribution >= 0.6 is 0 Å². The number of carbonyl (C=O) groups is 2. The maximum Gasteiger partial charge on any atom is 0.306 e. The summed E-state index contributed by atoms with van der Waals surface area (Å²) in [5.74, 6) is -0.468. The maximum absolute atomic E-state index is 13.3. The number of carbonyl (C=O) groups excluding carboxylic acids is 2. The highest BCUT2D eigenvalue weighted by molar-refractivity contribution is 5.77. The van der Waals surface area contributed by atoms with Gasteiger partial charge in [-0.05, 0) is 77.0 Å². The summed E-state index contributed by atoms with van der Waals surface area (Å²) >= 11 is 0. The van der Waals surface area contributed by atoms with E-state index in [1.54, 1.807) is 0 Å². The lowest BCUT2D eigenvalue weighted by atomic mass is 10.0. The van der Waals surface area contributed by atoms with Crippen molar-refractivity contribution in [2.24, 2.45) is 0 Å². The third-order valence-electron chi connectivity index (χ3n) is 14.0. The van der Waals surface area contributed by atoms with Crippen LogP contribution < -0.4 is 5.32 Å². The first-order valence-electron chi connectivity index (χ1n) is 30.1. The van der Waals surface area contributed by atoms with Crippen molar-refractivity contribution in [2.45, 2.75) is 347 Å².